The number of aromatic nitrogens is 2. The second-order valence-corrected chi connectivity index (χ2v) is 3.96. The van der Waals surface area contributed by atoms with E-state index in [4.69, 9.17) is 4.52 Å². The summed E-state index contributed by atoms with van der Waals surface area (Å²) in [7, 11) is 1.90. The molecule has 0 saturated heterocycles. The largest absolute Gasteiger partial charge is 0.338 e. The molecule has 1 heterocycles. The van der Waals surface area contributed by atoms with Crippen molar-refractivity contribution >= 4 is 0 Å². The third-order valence-electron chi connectivity index (χ3n) is 2.74. The monoisotopic (exact) mass is 231 g/mol. The Hall–Kier alpha value is -1.68. The Bertz CT molecular complexity index is 449. The Morgan fingerprint density at radius 1 is 1.29 bits per heavy atom. The maximum atomic E-state index is 5.26. The molecule has 0 aliphatic carbocycles. The molecule has 1 N–H and O–H groups in total. The standard InChI is InChI=1S/C13H17N3O/c1-3-11(14-2)13-15-12(16-17-13)9-10-7-5-4-6-8-10/h4-8,11,14H,3,9H2,1-2H3. The summed E-state index contributed by atoms with van der Waals surface area (Å²) < 4.78 is 5.26. The highest BCUT2D eigenvalue weighted by atomic mass is 16.5. The average Bonchev–Trinajstić information content (AvgIpc) is 2.81. The first kappa shape index (κ1) is 11.8. The van der Waals surface area contributed by atoms with E-state index in [0.29, 0.717) is 12.3 Å². The normalized spacial score (nSPS) is 12.6. The smallest absolute Gasteiger partial charge is 0.243 e. The summed E-state index contributed by atoms with van der Waals surface area (Å²) in [5.41, 5.74) is 1.19. The zero-order valence-corrected chi connectivity index (χ0v) is 10.2. The lowest BCUT2D eigenvalue weighted by Gasteiger charge is -2.06. The molecular weight excluding hydrogens is 214 g/mol. The van der Waals surface area contributed by atoms with Crippen molar-refractivity contribution in [3.63, 3.8) is 0 Å². The summed E-state index contributed by atoms with van der Waals surface area (Å²) in [5, 5.41) is 7.15. The molecule has 0 fully saturated rings. The number of hydrogen-bond donors (Lipinski definition) is 1. The van der Waals surface area contributed by atoms with Gasteiger partial charge >= 0.3 is 0 Å². The van der Waals surface area contributed by atoms with Crippen LogP contribution in [0.1, 0.15) is 36.7 Å². The van der Waals surface area contributed by atoms with E-state index in [1.54, 1.807) is 0 Å². The topological polar surface area (TPSA) is 51.0 Å². The summed E-state index contributed by atoms with van der Waals surface area (Å²) in [5.74, 6) is 1.40. The van der Waals surface area contributed by atoms with Gasteiger partial charge in [0.1, 0.15) is 0 Å². The Labute approximate surface area is 101 Å². The van der Waals surface area contributed by atoms with Crippen molar-refractivity contribution in [2.24, 2.45) is 0 Å². The van der Waals surface area contributed by atoms with E-state index in [-0.39, 0.29) is 6.04 Å². The molecule has 0 bridgehead atoms. The van der Waals surface area contributed by atoms with Crippen LogP contribution in [0.3, 0.4) is 0 Å². The summed E-state index contributed by atoms with van der Waals surface area (Å²) in [6, 6.07) is 10.3. The van der Waals surface area contributed by atoms with Crippen molar-refractivity contribution in [1.29, 1.82) is 0 Å². The van der Waals surface area contributed by atoms with Gasteiger partial charge in [0.05, 0.1) is 6.04 Å². The van der Waals surface area contributed by atoms with Gasteiger partial charge in [0.2, 0.25) is 5.89 Å². The minimum atomic E-state index is 0.145. The van der Waals surface area contributed by atoms with E-state index in [1.807, 2.05) is 25.2 Å². The van der Waals surface area contributed by atoms with Crippen LogP contribution in [0.5, 0.6) is 0 Å². The summed E-state index contributed by atoms with van der Waals surface area (Å²) >= 11 is 0. The van der Waals surface area contributed by atoms with Gasteiger partial charge in [0.25, 0.3) is 0 Å². The second-order valence-electron chi connectivity index (χ2n) is 3.96. The quantitative estimate of drug-likeness (QED) is 0.858. The number of nitrogens with zero attached hydrogens (tertiary/aromatic N) is 2. The first-order valence-corrected chi connectivity index (χ1v) is 5.87. The average molecular weight is 231 g/mol. The predicted molar refractivity (Wildman–Crippen MR) is 65.6 cm³/mol. The molecule has 0 spiro atoms. The van der Waals surface area contributed by atoms with Gasteiger partial charge in [0, 0.05) is 6.42 Å². The molecule has 2 aromatic rings. The van der Waals surface area contributed by atoms with E-state index in [0.717, 1.165) is 12.2 Å². The molecular formula is C13H17N3O. The van der Waals surface area contributed by atoms with Crippen LogP contribution in [-0.4, -0.2) is 17.2 Å². The van der Waals surface area contributed by atoms with Crippen molar-refractivity contribution in [2.45, 2.75) is 25.8 Å². The van der Waals surface area contributed by atoms with Crippen LogP contribution >= 0.6 is 0 Å². The van der Waals surface area contributed by atoms with Gasteiger partial charge < -0.3 is 9.84 Å². The van der Waals surface area contributed by atoms with Crippen LogP contribution in [0.2, 0.25) is 0 Å². The molecule has 90 valence electrons. The predicted octanol–water partition coefficient (Wildman–Crippen LogP) is 2.33. The first-order valence-electron chi connectivity index (χ1n) is 5.87. The van der Waals surface area contributed by atoms with Crippen molar-refractivity contribution in [3.8, 4) is 0 Å². The van der Waals surface area contributed by atoms with E-state index < -0.39 is 0 Å². The van der Waals surface area contributed by atoms with Crippen molar-refractivity contribution < 1.29 is 4.52 Å². The first-order chi connectivity index (χ1) is 8.33. The molecule has 0 saturated carbocycles. The Kier molecular flexibility index (Phi) is 3.88. The summed E-state index contributed by atoms with van der Waals surface area (Å²) in [6.07, 6.45) is 1.65. The van der Waals surface area contributed by atoms with Crippen LogP contribution < -0.4 is 5.32 Å². The van der Waals surface area contributed by atoms with Crippen LogP contribution in [0, 0.1) is 0 Å². The SMILES string of the molecule is CCC(NC)c1nc(Cc2ccccc2)no1. The molecule has 1 atom stereocenters. The molecule has 1 aromatic carbocycles. The molecule has 2 rings (SSSR count). The molecule has 4 heteroatoms. The number of hydrogen-bond acceptors (Lipinski definition) is 4. The zero-order chi connectivity index (χ0) is 12.1. The minimum absolute atomic E-state index is 0.145. The van der Waals surface area contributed by atoms with Gasteiger partial charge in [-0.25, -0.2) is 0 Å². The van der Waals surface area contributed by atoms with Crippen molar-refractivity contribution in [3.05, 3.63) is 47.6 Å². The third-order valence-corrected chi connectivity index (χ3v) is 2.74. The van der Waals surface area contributed by atoms with Gasteiger partial charge in [-0.1, -0.05) is 42.4 Å². The van der Waals surface area contributed by atoms with Crippen LogP contribution in [0.15, 0.2) is 34.9 Å². The number of nitrogens with one attached hydrogen (secondary N) is 1. The Balaban J connectivity index is 2.08. The maximum Gasteiger partial charge on any atom is 0.243 e. The van der Waals surface area contributed by atoms with E-state index in [9.17, 15) is 0 Å². The Morgan fingerprint density at radius 2 is 2.06 bits per heavy atom. The lowest BCUT2D eigenvalue weighted by molar-refractivity contribution is 0.331. The van der Waals surface area contributed by atoms with Gasteiger partial charge in [0.15, 0.2) is 5.82 Å². The molecule has 0 radical (unpaired) electrons. The van der Waals surface area contributed by atoms with E-state index in [1.165, 1.54) is 5.56 Å². The highest BCUT2D eigenvalue weighted by molar-refractivity contribution is 5.18. The van der Waals surface area contributed by atoms with Gasteiger partial charge in [-0.15, -0.1) is 0 Å². The van der Waals surface area contributed by atoms with Crippen molar-refractivity contribution in [2.75, 3.05) is 7.05 Å². The lowest BCUT2D eigenvalue weighted by Crippen LogP contribution is -2.15. The van der Waals surface area contributed by atoms with Gasteiger partial charge in [-0.2, -0.15) is 4.98 Å². The third kappa shape index (κ3) is 2.91. The molecule has 0 aliphatic heterocycles. The lowest BCUT2D eigenvalue weighted by atomic mass is 10.1. The van der Waals surface area contributed by atoms with Gasteiger partial charge in [-0.05, 0) is 19.0 Å². The second kappa shape index (κ2) is 5.59. The minimum Gasteiger partial charge on any atom is -0.338 e. The van der Waals surface area contributed by atoms with Gasteiger partial charge in [-0.3, -0.25) is 0 Å². The fourth-order valence-corrected chi connectivity index (χ4v) is 1.76. The molecule has 17 heavy (non-hydrogen) atoms. The fraction of sp³-hybridized carbons (Fsp3) is 0.385. The number of rotatable bonds is 5. The van der Waals surface area contributed by atoms with Crippen LogP contribution in [-0.2, 0) is 6.42 Å². The molecule has 4 nitrogen and oxygen atoms in total. The Morgan fingerprint density at radius 3 is 2.71 bits per heavy atom. The molecule has 0 aliphatic rings. The highest BCUT2D eigenvalue weighted by Crippen LogP contribution is 2.14. The molecule has 1 aromatic heterocycles. The van der Waals surface area contributed by atoms with Crippen LogP contribution in [0.25, 0.3) is 0 Å². The summed E-state index contributed by atoms with van der Waals surface area (Å²) in [6.45, 7) is 2.09. The number of benzene rings is 1. The maximum absolute atomic E-state index is 5.26. The zero-order valence-electron chi connectivity index (χ0n) is 10.2. The summed E-state index contributed by atoms with van der Waals surface area (Å²) in [4.78, 5) is 4.41. The molecule has 0 amide bonds. The highest BCUT2D eigenvalue weighted by Gasteiger charge is 2.14. The van der Waals surface area contributed by atoms with E-state index in [2.05, 4.69) is 34.5 Å². The fourth-order valence-electron chi connectivity index (χ4n) is 1.76. The molecule has 1 unspecified atom stereocenters. The van der Waals surface area contributed by atoms with E-state index >= 15 is 0 Å². The van der Waals surface area contributed by atoms with Crippen molar-refractivity contribution in [1.82, 2.24) is 15.5 Å². The van der Waals surface area contributed by atoms with Crippen LogP contribution in [0.4, 0.5) is 0 Å².